The number of rotatable bonds is 3. The van der Waals surface area contributed by atoms with E-state index in [0.717, 1.165) is 20.1 Å². The number of nitrogens with zero attached hydrogens (tertiary/aromatic N) is 2. The minimum atomic E-state index is -1.02. The van der Waals surface area contributed by atoms with Crippen molar-refractivity contribution in [1.29, 1.82) is 0 Å². The number of aromatic amines is 1. The summed E-state index contributed by atoms with van der Waals surface area (Å²) in [6.07, 6.45) is 0. The first-order chi connectivity index (χ1) is 12.5. The van der Waals surface area contributed by atoms with Gasteiger partial charge in [-0.3, -0.25) is 5.10 Å². The van der Waals surface area contributed by atoms with Gasteiger partial charge in [0.15, 0.2) is 5.65 Å². The van der Waals surface area contributed by atoms with Crippen LogP contribution >= 0.6 is 31.9 Å². The highest BCUT2D eigenvalue weighted by atomic mass is 79.9. The molecule has 7 heteroatoms. The highest BCUT2D eigenvalue weighted by molar-refractivity contribution is 9.10. The van der Waals surface area contributed by atoms with Crippen molar-refractivity contribution in [2.24, 2.45) is 0 Å². The van der Waals surface area contributed by atoms with Gasteiger partial charge >= 0.3 is 5.97 Å². The van der Waals surface area contributed by atoms with E-state index in [1.165, 1.54) is 0 Å². The molecule has 0 bridgehead atoms. The lowest BCUT2D eigenvalue weighted by Crippen LogP contribution is -2.00. The Morgan fingerprint density at radius 1 is 0.923 bits per heavy atom. The van der Waals surface area contributed by atoms with Gasteiger partial charge in [0.1, 0.15) is 0 Å². The molecule has 5 nitrogen and oxygen atoms in total. The molecule has 0 atom stereocenters. The lowest BCUT2D eigenvalue weighted by atomic mass is 10.0. The van der Waals surface area contributed by atoms with Crippen molar-refractivity contribution in [3.63, 3.8) is 0 Å². The molecule has 0 aliphatic heterocycles. The molecule has 0 aliphatic carbocycles. The molecule has 128 valence electrons. The predicted molar refractivity (Wildman–Crippen MR) is 107 cm³/mol. The minimum absolute atomic E-state index is 0.166. The van der Waals surface area contributed by atoms with Gasteiger partial charge in [-0.15, -0.1) is 0 Å². The largest absolute Gasteiger partial charge is 0.478 e. The zero-order valence-corrected chi connectivity index (χ0v) is 16.4. The second-order valence-electron chi connectivity index (χ2n) is 5.67. The first-order valence-electron chi connectivity index (χ1n) is 7.67. The van der Waals surface area contributed by atoms with E-state index in [4.69, 9.17) is 0 Å². The van der Waals surface area contributed by atoms with Gasteiger partial charge in [-0.1, -0.05) is 56.1 Å². The Balaban J connectivity index is 1.94. The summed E-state index contributed by atoms with van der Waals surface area (Å²) in [4.78, 5) is 16.5. The van der Waals surface area contributed by atoms with Gasteiger partial charge in [-0.05, 0) is 30.3 Å². The van der Waals surface area contributed by atoms with E-state index in [-0.39, 0.29) is 5.56 Å². The topological polar surface area (TPSA) is 78.9 Å². The molecule has 4 aromatic rings. The standard InChI is InChI=1S/C19H11Br2N3O2/c20-12-5-1-10(2-6-12)15-9-14(19(25)26)16-17(23-24-18(16)22-15)11-3-7-13(21)8-4-11/h1-9H,(H,25,26)(H,22,23,24). The Bertz CT molecular complexity index is 1120. The highest BCUT2D eigenvalue weighted by Gasteiger charge is 2.19. The highest BCUT2D eigenvalue weighted by Crippen LogP contribution is 2.32. The monoisotopic (exact) mass is 471 g/mol. The molecule has 0 aliphatic rings. The molecule has 2 aromatic carbocycles. The SMILES string of the molecule is O=C(O)c1cc(-c2ccc(Br)cc2)nc2n[nH]c(-c3ccc(Br)cc3)c12. The lowest BCUT2D eigenvalue weighted by Gasteiger charge is -2.06. The molecule has 0 saturated heterocycles. The van der Waals surface area contributed by atoms with Crippen molar-refractivity contribution in [1.82, 2.24) is 15.2 Å². The molecule has 0 amide bonds. The van der Waals surface area contributed by atoms with Crippen LogP contribution in [0.5, 0.6) is 0 Å². The fourth-order valence-electron chi connectivity index (χ4n) is 2.79. The first kappa shape index (κ1) is 16.9. The summed E-state index contributed by atoms with van der Waals surface area (Å²) in [6, 6.07) is 16.7. The molecule has 2 N–H and O–H groups in total. The molecule has 0 saturated carbocycles. The molecular weight excluding hydrogens is 462 g/mol. The summed E-state index contributed by atoms with van der Waals surface area (Å²) in [5, 5.41) is 17.4. The number of hydrogen-bond donors (Lipinski definition) is 2. The third kappa shape index (κ3) is 3.04. The number of carboxylic acids is 1. The van der Waals surface area contributed by atoms with Gasteiger partial charge in [-0.25, -0.2) is 9.78 Å². The van der Waals surface area contributed by atoms with Crippen LogP contribution in [0, 0.1) is 0 Å². The first-order valence-corrected chi connectivity index (χ1v) is 9.26. The molecule has 0 fully saturated rings. The van der Waals surface area contributed by atoms with Gasteiger partial charge < -0.3 is 5.11 Å². The molecular formula is C19H11Br2N3O2. The average Bonchev–Trinajstić information content (AvgIpc) is 3.06. The van der Waals surface area contributed by atoms with Gasteiger partial charge in [-0.2, -0.15) is 5.10 Å². The molecule has 0 radical (unpaired) electrons. The molecule has 0 unspecified atom stereocenters. The molecule has 2 aromatic heterocycles. The van der Waals surface area contributed by atoms with Crippen molar-refractivity contribution in [2.45, 2.75) is 0 Å². The number of hydrogen-bond acceptors (Lipinski definition) is 3. The van der Waals surface area contributed by atoms with E-state index in [1.54, 1.807) is 6.07 Å². The van der Waals surface area contributed by atoms with Crippen molar-refractivity contribution in [2.75, 3.05) is 0 Å². The number of benzene rings is 2. The van der Waals surface area contributed by atoms with Crippen molar-refractivity contribution < 1.29 is 9.90 Å². The summed E-state index contributed by atoms with van der Waals surface area (Å²) in [6.45, 7) is 0. The number of aromatic nitrogens is 3. The van der Waals surface area contributed by atoms with E-state index >= 15 is 0 Å². The van der Waals surface area contributed by atoms with E-state index in [2.05, 4.69) is 47.0 Å². The Morgan fingerprint density at radius 2 is 1.50 bits per heavy atom. The Morgan fingerprint density at radius 3 is 2.08 bits per heavy atom. The number of H-pyrrole nitrogens is 1. The quantitative estimate of drug-likeness (QED) is 0.411. The maximum atomic E-state index is 11.9. The number of nitrogens with one attached hydrogen (secondary N) is 1. The van der Waals surface area contributed by atoms with Crippen LogP contribution in [-0.2, 0) is 0 Å². The number of pyridine rings is 1. The second kappa shape index (κ2) is 6.66. The van der Waals surface area contributed by atoms with Crippen LogP contribution < -0.4 is 0 Å². The Kier molecular flexibility index (Phi) is 4.34. The second-order valence-corrected chi connectivity index (χ2v) is 7.50. The Labute approximate surface area is 165 Å². The fraction of sp³-hybridized carbons (Fsp3) is 0. The van der Waals surface area contributed by atoms with Gasteiger partial charge in [0.05, 0.1) is 22.3 Å². The molecule has 0 spiro atoms. The van der Waals surface area contributed by atoms with Crippen LogP contribution in [0.2, 0.25) is 0 Å². The van der Waals surface area contributed by atoms with Gasteiger partial charge in [0.25, 0.3) is 0 Å². The maximum Gasteiger partial charge on any atom is 0.336 e. The summed E-state index contributed by atoms with van der Waals surface area (Å²) in [5.41, 5.74) is 3.42. The number of aromatic carboxylic acids is 1. The molecule has 26 heavy (non-hydrogen) atoms. The predicted octanol–water partition coefficient (Wildman–Crippen LogP) is 5.52. The zero-order valence-electron chi connectivity index (χ0n) is 13.2. The van der Waals surface area contributed by atoms with Crippen LogP contribution in [0.4, 0.5) is 0 Å². The molecule has 2 heterocycles. The van der Waals surface area contributed by atoms with Crippen molar-refractivity contribution in [3.8, 4) is 22.5 Å². The van der Waals surface area contributed by atoms with Crippen LogP contribution in [0.3, 0.4) is 0 Å². The van der Waals surface area contributed by atoms with E-state index in [0.29, 0.717) is 22.4 Å². The van der Waals surface area contributed by atoms with Crippen molar-refractivity contribution in [3.05, 3.63) is 69.1 Å². The van der Waals surface area contributed by atoms with Crippen LogP contribution in [0.15, 0.2) is 63.5 Å². The Hall–Kier alpha value is -2.51. The molecule has 4 rings (SSSR count). The van der Waals surface area contributed by atoms with Gasteiger partial charge in [0, 0.05) is 20.1 Å². The summed E-state index contributed by atoms with van der Waals surface area (Å²) in [5.74, 6) is -1.02. The van der Waals surface area contributed by atoms with E-state index < -0.39 is 5.97 Å². The third-order valence-electron chi connectivity index (χ3n) is 4.03. The van der Waals surface area contributed by atoms with Crippen molar-refractivity contribution >= 4 is 48.9 Å². The number of carboxylic acid groups (broad SMARTS) is 1. The summed E-state index contributed by atoms with van der Waals surface area (Å²) < 4.78 is 1.89. The smallest absolute Gasteiger partial charge is 0.336 e. The minimum Gasteiger partial charge on any atom is -0.478 e. The zero-order chi connectivity index (χ0) is 18.3. The van der Waals surface area contributed by atoms with Crippen LogP contribution in [-0.4, -0.2) is 26.3 Å². The van der Waals surface area contributed by atoms with Gasteiger partial charge in [0.2, 0.25) is 0 Å². The third-order valence-corrected chi connectivity index (χ3v) is 5.08. The normalized spacial score (nSPS) is 11.0. The van der Waals surface area contributed by atoms with E-state index in [9.17, 15) is 9.90 Å². The lowest BCUT2D eigenvalue weighted by molar-refractivity contribution is 0.0699. The number of halogens is 2. The number of carbonyl (C=O) groups is 1. The average molecular weight is 473 g/mol. The number of fused-ring (bicyclic) bond motifs is 1. The van der Waals surface area contributed by atoms with E-state index in [1.807, 2.05) is 48.5 Å². The summed E-state index contributed by atoms with van der Waals surface area (Å²) >= 11 is 6.80. The van der Waals surface area contributed by atoms with Crippen LogP contribution in [0.1, 0.15) is 10.4 Å². The fourth-order valence-corrected chi connectivity index (χ4v) is 3.32. The van der Waals surface area contributed by atoms with Crippen LogP contribution in [0.25, 0.3) is 33.5 Å². The summed E-state index contributed by atoms with van der Waals surface area (Å²) in [7, 11) is 0. The maximum absolute atomic E-state index is 11.9.